The zero-order valence-corrected chi connectivity index (χ0v) is 57.2. The number of anilines is 10. The Kier molecular flexibility index (Phi) is 21.6. The third kappa shape index (κ3) is 15.9. The number of thiophene rings is 4. The highest BCUT2D eigenvalue weighted by molar-refractivity contribution is 7.17. The molecule has 16 nitrogen and oxygen atoms in total. The van der Waals surface area contributed by atoms with Crippen LogP contribution in [0.2, 0.25) is 0 Å². The van der Waals surface area contributed by atoms with Gasteiger partial charge in [-0.1, -0.05) is 48.5 Å². The molecule has 11 aromatic rings. The van der Waals surface area contributed by atoms with Crippen molar-refractivity contribution in [3.05, 3.63) is 284 Å². The van der Waals surface area contributed by atoms with Crippen LogP contribution < -0.4 is 19.6 Å². The zero-order valence-electron chi connectivity index (χ0n) is 54.0. The lowest BCUT2D eigenvalue weighted by molar-refractivity contribution is -0.133. The first-order valence-electron chi connectivity index (χ1n) is 30.9. The summed E-state index contributed by atoms with van der Waals surface area (Å²) in [6.07, 6.45) is 5.80. The second kappa shape index (κ2) is 31.5. The van der Waals surface area contributed by atoms with E-state index in [2.05, 4.69) is 154 Å². The fraction of sp³-hybridized carbons (Fsp3) is 0.0750. The van der Waals surface area contributed by atoms with Crippen molar-refractivity contribution < 1.29 is 38.9 Å². The van der Waals surface area contributed by atoms with E-state index in [9.17, 15) is 39.9 Å². The van der Waals surface area contributed by atoms with Crippen LogP contribution in [0.4, 0.5) is 56.9 Å². The summed E-state index contributed by atoms with van der Waals surface area (Å²) in [5, 5.41) is 38.0. The summed E-state index contributed by atoms with van der Waals surface area (Å²) in [6, 6.07) is 77.2. The number of hydrogen-bond acceptors (Lipinski definition) is 16. The van der Waals surface area contributed by atoms with Gasteiger partial charge in [0.15, 0.2) is 0 Å². The van der Waals surface area contributed by atoms with E-state index in [4.69, 9.17) is 22.6 Å². The molecule has 0 spiro atoms. The van der Waals surface area contributed by atoms with Crippen molar-refractivity contribution in [2.45, 2.75) is 39.8 Å². The van der Waals surface area contributed by atoms with Gasteiger partial charge in [-0.3, -0.25) is 14.4 Å². The van der Waals surface area contributed by atoms with E-state index in [0.29, 0.717) is 9.75 Å². The molecule has 0 amide bonds. The number of hydrogen-bond donors (Lipinski definition) is 2. The van der Waals surface area contributed by atoms with Gasteiger partial charge < -0.3 is 39.3 Å². The molecule has 4 heterocycles. The van der Waals surface area contributed by atoms with E-state index in [1.807, 2.05) is 115 Å². The highest BCUT2D eigenvalue weighted by Crippen LogP contribution is 2.45. The van der Waals surface area contributed by atoms with Crippen LogP contribution in [-0.4, -0.2) is 47.2 Å². The van der Waals surface area contributed by atoms with Gasteiger partial charge in [0, 0.05) is 120 Å². The number of aliphatic carboxylic acids is 2. The number of carboxylic acid groups (broad SMARTS) is 2. The van der Waals surface area contributed by atoms with Crippen LogP contribution in [0.3, 0.4) is 0 Å². The zero-order chi connectivity index (χ0) is 70.4. The van der Waals surface area contributed by atoms with Crippen LogP contribution in [0.5, 0.6) is 0 Å². The van der Waals surface area contributed by atoms with Crippen molar-refractivity contribution in [1.29, 1.82) is 10.5 Å². The topological polar surface area (TPSA) is 196 Å². The summed E-state index contributed by atoms with van der Waals surface area (Å²) < 4.78 is 9.68. The largest absolute Gasteiger partial charge is 0.486 e. The molecular weight excluding hydrogens is 1330 g/mol. The van der Waals surface area contributed by atoms with Gasteiger partial charge in [-0.15, -0.1) is 45.3 Å². The number of ether oxygens (including phenoxy) is 2. The monoisotopic (exact) mass is 1390 g/mol. The van der Waals surface area contributed by atoms with Gasteiger partial charge in [0.25, 0.3) is 18.6 Å². The molecule has 2 N–H and O–H groups in total. The molecule has 0 bridgehead atoms. The molecule has 0 unspecified atom stereocenters. The number of rotatable bonds is 26. The highest BCUT2D eigenvalue weighted by atomic mass is 32.1. The van der Waals surface area contributed by atoms with Gasteiger partial charge in [-0.25, -0.2) is 9.64 Å². The lowest BCUT2D eigenvalue weighted by Gasteiger charge is -2.34. The summed E-state index contributed by atoms with van der Waals surface area (Å²) in [5.41, 5.74) is 11.9. The Morgan fingerprint density at radius 3 is 0.970 bits per heavy atom. The second-order valence-corrected chi connectivity index (χ2v) is 27.2. The molecule has 11 rings (SSSR count). The SMILES string of the molecule is [C-]#[N+]/C(=C\c1ccc(-c2ccc(N(c3ccc(-c4ccc(/C=C(\C#N)C(=O)O)s4)cc3)c3ccc(N(c4ccc(N(c5ccc(-c6ccc(/C=C(\C#N)OC=O)s6)cc5)c5ccc(-c6ccc(/C=C(\[N+]#[C-])OC=O)s6)cc5)cc4)c4ccc(N(C(C)C)C(C)C)cc4)cc3)cc2)s1)C(=O)O. The van der Waals surface area contributed by atoms with Crippen LogP contribution >= 0.6 is 45.3 Å². The average molecular weight is 1390 g/mol. The number of carboxylic acids is 2. The molecule has 0 aliphatic carbocycles. The molecule has 0 saturated heterocycles. The van der Waals surface area contributed by atoms with Crippen molar-refractivity contribution in [3.8, 4) is 53.9 Å². The number of nitrogens with zero attached hydrogens (tertiary/aromatic N) is 8. The second-order valence-electron chi connectivity index (χ2n) is 22.7. The quantitative estimate of drug-likeness (QED) is 0.0171. The third-order valence-corrected chi connectivity index (χ3v) is 20.1. The molecule has 4 aromatic heterocycles. The van der Waals surface area contributed by atoms with Crippen molar-refractivity contribution >= 4 is 151 Å². The summed E-state index contributed by atoms with van der Waals surface area (Å²) >= 11 is 5.68. The molecule has 0 saturated carbocycles. The highest BCUT2D eigenvalue weighted by Gasteiger charge is 2.22. The Morgan fingerprint density at radius 2 is 0.700 bits per heavy atom. The van der Waals surface area contributed by atoms with Gasteiger partial charge in [0.2, 0.25) is 5.76 Å². The maximum atomic E-state index is 11.7. The van der Waals surface area contributed by atoms with Gasteiger partial charge >= 0.3 is 17.8 Å². The number of nitriles is 2. The predicted octanol–water partition coefficient (Wildman–Crippen LogP) is 21.4. The Bertz CT molecular complexity index is 4860. The molecule has 0 fully saturated rings. The van der Waals surface area contributed by atoms with E-state index in [0.717, 1.165) is 108 Å². The molecule has 0 atom stereocenters. The molecule has 100 heavy (non-hydrogen) atoms. The first-order chi connectivity index (χ1) is 48.5. The minimum absolute atomic E-state index is 0.108. The van der Waals surface area contributed by atoms with Gasteiger partial charge in [0.1, 0.15) is 17.7 Å². The molecule has 0 aliphatic rings. The first kappa shape index (κ1) is 68.7. The fourth-order valence-electron chi connectivity index (χ4n) is 11.3. The Hall–Kier alpha value is -12.7. The lowest BCUT2D eigenvalue weighted by Crippen LogP contribution is -2.36. The number of allylic oxidation sites excluding steroid dienone is 1. The molecule has 20 heteroatoms. The molecule has 0 radical (unpaired) electrons. The lowest BCUT2D eigenvalue weighted by atomic mass is 10.1. The van der Waals surface area contributed by atoms with Gasteiger partial charge in [0.05, 0.1) is 13.1 Å². The summed E-state index contributed by atoms with van der Waals surface area (Å²) in [7, 11) is 0. The predicted molar refractivity (Wildman–Crippen MR) is 402 cm³/mol. The normalized spacial score (nSPS) is 11.6. The van der Waals surface area contributed by atoms with Crippen LogP contribution in [0, 0.1) is 35.8 Å². The van der Waals surface area contributed by atoms with Crippen molar-refractivity contribution in [1.82, 2.24) is 0 Å². The van der Waals surface area contributed by atoms with Crippen LogP contribution in [-0.2, 0) is 28.7 Å². The summed E-state index contributed by atoms with van der Waals surface area (Å²) in [4.78, 5) is 67.3. The van der Waals surface area contributed by atoms with Gasteiger partial charge in [-0.2, -0.15) is 15.4 Å². The molecular formula is C80H58N8O8S4. The van der Waals surface area contributed by atoms with E-state index >= 15 is 0 Å². The van der Waals surface area contributed by atoms with Crippen LogP contribution in [0.1, 0.15) is 47.2 Å². The number of carbonyl (C=O) groups excluding carboxylic acids is 2. The van der Waals surface area contributed by atoms with Crippen molar-refractivity contribution in [2.75, 3.05) is 19.6 Å². The minimum atomic E-state index is -1.29. The average Bonchev–Trinajstić information content (AvgIpc) is 1.05. The molecule has 7 aromatic carbocycles. The van der Waals surface area contributed by atoms with E-state index in [1.54, 1.807) is 18.2 Å². The summed E-state index contributed by atoms with van der Waals surface area (Å²) in [6.45, 7) is 24.0. The summed E-state index contributed by atoms with van der Waals surface area (Å²) in [5.74, 6) is -2.81. The smallest absolute Gasteiger partial charge is 0.349 e. The molecule has 0 aliphatic heterocycles. The standard InChI is InChI=1S/C80H58N8O8S4/c1-51(2)85(52(3)4)58-23-25-63(26-24-58)88(66-31-27-64(28-32-66)86(59-15-7-53(8-16-59)74-39-35-69(97-74)43-57(47-81)79(91)92)61-19-11-55(12-20-61)76-41-37-71(99-76)45-73(83-5)80(93)94)67-33-29-65(30-34-67)87(60-17-9-54(10-18-60)75-40-36-70(98-75)44-68(48-82)95-49-89)62-21-13-56(14-22-62)77-42-38-72(100-77)46-78(84-6)96-50-90/h7-46,49-52H,1-4H3,(H,91,92)(H,93,94)/b57-43+,68-44+,73-45-,78-46+. The Balaban J connectivity index is 0.977. The van der Waals surface area contributed by atoms with E-state index in [1.165, 1.54) is 69.7 Å². The molecule has 490 valence electrons. The van der Waals surface area contributed by atoms with Crippen LogP contribution in [0.15, 0.2) is 241 Å². The third-order valence-electron chi connectivity index (χ3n) is 15.8. The first-order valence-corrected chi connectivity index (χ1v) is 34.2. The fourth-order valence-corrected chi connectivity index (χ4v) is 15.1. The Labute approximate surface area is 593 Å². The van der Waals surface area contributed by atoms with Crippen molar-refractivity contribution in [2.24, 2.45) is 0 Å². The Morgan fingerprint density at radius 1 is 0.400 bits per heavy atom. The van der Waals surface area contributed by atoms with Gasteiger partial charge in [-0.05, 0) is 232 Å². The number of carbonyl (C=O) groups is 4. The van der Waals surface area contributed by atoms with E-state index < -0.39 is 11.9 Å². The van der Waals surface area contributed by atoms with Crippen LogP contribution in [0.25, 0.3) is 75.8 Å². The van der Waals surface area contributed by atoms with E-state index in [-0.39, 0.29) is 47.9 Å². The van der Waals surface area contributed by atoms with Crippen molar-refractivity contribution in [3.63, 3.8) is 0 Å². The maximum Gasteiger partial charge on any atom is 0.349 e. The maximum absolute atomic E-state index is 11.7. The number of benzene rings is 7. The minimum Gasteiger partial charge on any atom is -0.486 e.